The third kappa shape index (κ3) is 3.40. The monoisotopic (exact) mass is 319 g/mol. The topological polar surface area (TPSA) is 15.3 Å². The lowest BCUT2D eigenvalue weighted by molar-refractivity contribution is 0.127. The van der Waals surface area contributed by atoms with Crippen LogP contribution in [0.25, 0.3) is 11.1 Å². The van der Waals surface area contributed by atoms with Crippen molar-refractivity contribution in [2.24, 2.45) is 0 Å². The predicted molar refractivity (Wildman–Crippen MR) is 100 cm³/mol. The van der Waals surface area contributed by atoms with E-state index in [1.54, 1.807) is 0 Å². The molecule has 0 aromatic heterocycles. The summed E-state index contributed by atoms with van der Waals surface area (Å²) in [7, 11) is 0. The zero-order chi connectivity index (χ0) is 16.2. The maximum atomic E-state index is 3.57. The summed E-state index contributed by atoms with van der Waals surface area (Å²) >= 11 is 0. The number of rotatable bonds is 3. The summed E-state index contributed by atoms with van der Waals surface area (Å²) < 4.78 is 0. The molecule has 4 rings (SSSR count). The van der Waals surface area contributed by atoms with Crippen molar-refractivity contribution in [2.45, 2.75) is 37.6 Å². The number of hydrogen-bond donors (Lipinski definition) is 1. The molecule has 0 unspecified atom stereocenters. The van der Waals surface area contributed by atoms with Gasteiger partial charge in [0.1, 0.15) is 0 Å². The lowest BCUT2D eigenvalue weighted by Crippen LogP contribution is -2.46. The van der Waals surface area contributed by atoms with Crippen LogP contribution in [0.1, 0.15) is 37.2 Å². The normalized spacial score (nSPS) is 21.0. The molecule has 2 aliphatic rings. The summed E-state index contributed by atoms with van der Waals surface area (Å²) in [6.45, 7) is 4.86. The van der Waals surface area contributed by atoms with Crippen molar-refractivity contribution in [2.75, 3.05) is 26.2 Å². The minimum atomic E-state index is 0.652. The fourth-order valence-corrected chi connectivity index (χ4v) is 4.38. The fourth-order valence-electron chi connectivity index (χ4n) is 4.38. The van der Waals surface area contributed by atoms with Crippen molar-refractivity contribution in [3.05, 3.63) is 60.2 Å². The molecule has 0 spiro atoms. The molecule has 2 aliphatic heterocycles. The van der Waals surface area contributed by atoms with Crippen LogP contribution in [0.2, 0.25) is 0 Å². The molecule has 2 aromatic carbocycles. The highest BCUT2D eigenvalue weighted by molar-refractivity contribution is 5.67. The van der Waals surface area contributed by atoms with E-state index < -0.39 is 0 Å². The maximum Gasteiger partial charge on any atom is 0.0119 e. The number of hydrogen-bond acceptors (Lipinski definition) is 2. The average Bonchev–Trinajstić information content (AvgIpc) is 2.69. The quantitative estimate of drug-likeness (QED) is 0.917. The van der Waals surface area contributed by atoms with Gasteiger partial charge in [-0.2, -0.15) is 0 Å². The summed E-state index contributed by atoms with van der Waals surface area (Å²) in [5, 5.41) is 3.48. The van der Waals surface area contributed by atoms with Crippen LogP contribution in [0.3, 0.4) is 0 Å². The van der Waals surface area contributed by atoms with Crippen molar-refractivity contribution < 1.29 is 0 Å². The summed E-state index contributed by atoms with van der Waals surface area (Å²) in [5.74, 6) is 0.652. The zero-order valence-corrected chi connectivity index (χ0v) is 14.4. The van der Waals surface area contributed by atoms with Gasteiger partial charge in [-0.15, -0.1) is 0 Å². The van der Waals surface area contributed by atoms with E-state index in [0.29, 0.717) is 5.92 Å². The van der Waals surface area contributed by atoms with E-state index in [4.69, 9.17) is 0 Å². The smallest absolute Gasteiger partial charge is 0.0119 e. The van der Waals surface area contributed by atoms with Crippen LogP contribution in [-0.2, 0) is 0 Å². The Morgan fingerprint density at radius 2 is 1.62 bits per heavy atom. The molecule has 2 aromatic rings. The lowest BCUT2D eigenvalue weighted by Gasteiger charge is -2.39. The highest BCUT2D eigenvalue weighted by Gasteiger charge is 2.27. The van der Waals surface area contributed by atoms with Crippen LogP contribution in [-0.4, -0.2) is 37.1 Å². The molecule has 2 fully saturated rings. The van der Waals surface area contributed by atoms with Crippen LogP contribution in [0, 0.1) is 6.07 Å². The number of nitrogens with one attached hydrogen (secondary N) is 1. The first-order valence-electron chi connectivity index (χ1n) is 9.42. The van der Waals surface area contributed by atoms with E-state index in [1.807, 2.05) is 0 Å². The second-order valence-electron chi connectivity index (χ2n) is 7.15. The number of likely N-dealkylation sites (tertiary alicyclic amines) is 1. The Balaban J connectivity index is 1.48. The lowest BCUT2D eigenvalue weighted by atomic mass is 9.84. The van der Waals surface area contributed by atoms with Crippen LogP contribution < -0.4 is 5.32 Å². The van der Waals surface area contributed by atoms with Crippen LogP contribution >= 0.6 is 0 Å². The Hall–Kier alpha value is -1.64. The summed E-state index contributed by atoms with van der Waals surface area (Å²) in [5.41, 5.74) is 4.12. The average molecular weight is 319 g/mol. The van der Waals surface area contributed by atoms with Gasteiger partial charge in [-0.3, -0.25) is 0 Å². The standard InChI is InChI=1S/C22H27N2/c1-2-6-18(7-3-1)21-8-4-5-9-22(21)19-12-16-24(17-13-19)20-10-14-23-15-11-20/h1-8,19-20,23H,10-17H2. The number of benzene rings is 2. The molecular formula is C22H27N2. The van der Waals surface area contributed by atoms with Gasteiger partial charge in [0.05, 0.1) is 0 Å². The van der Waals surface area contributed by atoms with Gasteiger partial charge in [-0.1, -0.05) is 48.5 Å². The first kappa shape index (κ1) is 15.9. The molecule has 1 radical (unpaired) electrons. The largest absolute Gasteiger partial charge is 0.317 e. The highest BCUT2D eigenvalue weighted by atomic mass is 15.2. The number of nitrogens with zero attached hydrogens (tertiary/aromatic N) is 1. The third-order valence-electron chi connectivity index (χ3n) is 5.74. The Kier molecular flexibility index (Phi) is 4.96. The molecule has 0 bridgehead atoms. The third-order valence-corrected chi connectivity index (χ3v) is 5.74. The van der Waals surface area contributed by atoms with Gasteiger partial charge in [0.15, 0.2) is 0 Å². The molecular weight excluding hydrogens is 292 g/mol. The second-order valence-corrected chi connectivity index (χ2v) is 7.15. The molecule has 2 nitrogen and oxygen atoms in total. The Bertz CT molecular complexity index is 638. The van der Waals surface area contributed by atoms with Crippen LogP contribution in [0.5, 0.6) is 0 Å². The van der Waals surface area contributed by atoms with Crippen molar-refractivity contribution in [1.82, 2.24) is 10.2 Å². The van der Waals surface area contributed by atoms with E-state index >= 15 is 0 Å². The first-order valence-corrected chi connectivity index (χ1v) is 9.42. The van der Waals surface area contributed by atoms with Crippen molar-refractivity contribution in [3.8, 4) is 11.1 Å². The maximum absolute atomic E-state index is 3.57. The summed E-state index contributed by atoms with van der Waals surface area (Å²) in [6, 6.07) is 21.6. The summed E-state index contributed by atoms with van der Waals surface area (Å²) in [4.78, 5) is 2.74. The van der Waals surface area contributed by atoms with Crippen molar-refractivity contribution in [1.29, 1.82) is 0 Å². The predicted octanol–water partition coefficient (Wildman–Crippen LogP) is 4.09. The summed E-state index contributed by atoms with van der Waals surface area (Å²) in [6.07, 6.45) is 5.17. The molecule has 0 aliphatic carbocycles. The molecule has 24 heavy (non-hydrogen) atoms. The fraction of sp³-hybridized carbons (Fsp3) is 0.455. The second kappa shape index (κ2) is 7.50. The Morgan fingerprint density at radius 3 is 2.38 bits per heavy atom. The van der Waals surface area contributed by atoms with E-state index in [0.717, 1.165) is 6.04 Å². The van der Waals surface area contributed by atoms with Crippen molar-refractivity contribution in [3.63, 3.8) is 0 Å². The molecule has 1 N–H and O–H groups in total. The minimum Gasteiger partial charge on any atom is -0.317 e. The van der Waals surface area contributed by atoms with Gasteiger partial charge in [0, 0.05) is 6.04 Å². The van der Waals surface area contributed by atoms with E-state index in [-0.39, 0.29) is 0 Å². The van der Waals surface area contributed by atoms with E-state index in [1.165, 1.54) is 68.6 Å². The SMILES string of the molecule is [c]1cccc(-c2ccccc2)c1C1CCN(C2CCNCC2)CC1. The van der Waals surface area contributed by atoms with E-state index in [9.17, 15) is 0 Å². The molecule has 2 saturated heterocycles. The van der Waals surface area contributed by atoms with E-state index in [2.05, 4.69) is 64.8 Å². The first-order chi connectivity index (χ1) is 11.9. The zero-order valence-electron chi connectivity index (χ0n) is 14.4. The Labute approximate surface area is 145 Å². The Morgan fingerprint density at radius 1 is 0.875 bits per heavy atom. The molecule has 0 atom stereocenters. The molecule has 2 heteroatoms. The highest BCUT2D eigenvalue weighted by Crippen LogP contribution is 2.35. The van der Waals surface area contributed by atoms with Crippen LogP contribution in [0.4, 0.5) is 0 Å². The molecule has 2 heterocycles. The molecule has 0 amide bonds. The van der Waals surface area contributed by atoms with Gasteiger partial charge in [-0.05, 0) is 80.5 Å². The van der Waals surface area contributed by atoms with Gasteiger partial charge < -0.3 is 10.2 Å². The number of piperidine rings is 2. The van der Waals surface area contributed by atoms with Gasteiger partial charge in [0.2, 0.25) is 0 Å². The molecule has 0 saturated carbocycles. The molecule has 125 valence electrons. The van der Waals surface area contributed by atoms with Gasteiger partial charge >= 0.3 is 0 Å². The van der Waals surface area contributed by atoms with Crippen molar-refractivity contribution >= 4 is 0 Å². The minimum absolute atomic E-state index is 0.652. The van der Waals surface area contributed by atoms with Crippen LogP contribution in [0.15, 0.2) is 48.5 Å². The van der Waals surface area contributed by atoms with Gasteiger partial charge in [-0.25, -0.2) is 0 Å². The van der Waals surface area contributed by atoms with Gasteiger partial charge in [0.25, 0.3) is 0 Å².